The summed E-state index contributed by atoms with van der Waals surface area (Å²) in [4.78, 5) is 12.0. The average Bonchev–Trinajstić information content (AvgIpc) is 2.93. The molecule has 2 aromatic rings. The normalized spacial score (nSPS) is 13.8. The zero-order valence-corrected chi connectivity index (χ0v) is 14.7. The van der Waals surface area contributed by atoms with Crippen LogP contribution in [-0.2, 0) is 6.61 Å². The Hall–Kier alpha value is -1.98. The van der Waals surface area contributed by atoms with Gasteiger partial charge in [-0.3, -0.25) is 4.79 Å². The number of aryl methyl sites for hydroxylation is 2. The van der Waals surface area contributed by atoms with Crippen LogP contribution in [0, 0.1) is 19.8 Å². The maximum absolute atomic E-state index is 12.0. The molecule has 3 rings (SSSR count). The van der Waals surface area contributed by atoms with Crippen LogP contribution in [0.2, 0.25) is 0 Å². The first kappa shape index (κ1) is 18.4. The number of rotatable bonds is 6. The highest BCUT2D eigenvalue weighted by Crippen LogP contribution is 2.20. The van der Waals surface area contributed by atoms with E-state index in [-0.39, 0.29) is 18.3 Å². The topological polar surface area (TPSA) is 63.5 Å². The molecule has 1 aromatic heterocycles. The maximum atomic E-state index is 12.0. The molecule has 1 amide bonds. The lowest BCUT2D eigenvalue weighted by atomic mass is 10.0. The van der Waals surface area contributed by atoms with Gasteiger partial charge in [-0.25, -0.2) is 0 Å². The summed E-state index contributed by atoms with van der Waals surface area (Å²) in [7, 11) is 0. The Morgan fingerprint density at radius 1 is 1.29 bits per heavy atom. The second-order valence-electron chi connectivity index (χ2n) is 6.06. The van der Waals surface area contributed by atoms with Gasteiger partial charge in [0.1, 0.15) is 18.1 Å². The molecule has 1 fully saturated rings. The molecule has 0 radical (unpaired) electrons. The fourth-order valence-electron chi connectivity index (χ4n) is 2.50. The van der Waals surface area contributed by atoms with E-state index in [2.05, 4.69) is 16.7 Å². The van der Waals surface area contributed by atoms with Crippen LogP contribution in [0.4, 0.5) is 0 Å². The van der Waals surface area contributed by atoms with Gasteiger partial charge in [0.05, 0.1) is 0 Å². The van der Waals surface area contributed by atoms with E-state index in [0.29, 0.717) is 30.6 Å². The number of carbonyl (C=O) groups is 1. The number of hydrogen-bond donors (Lipinski definition) is 2. The molecule has 130 valence electrons. The van der Waals surface area contributed by atoms with E-state index in [9.17, 15) is 4.79 Å². The monoisotopic (exact) mass is 350 g/mol. The van der Waals surface area contributed by atoms with Gasteiger partial charge in [0.2, 0.25) is 0 Å². The van der Waals surface area contributed by atoms with Crippen LogP contribution in [0.15, 0.2) is 34.7 Å². The van der Waals surface area contributed by atoms with Crippen molar-refractivity contribution in [3.05, 3.63) is 53.0 Å². The summed E-state index contributed by atoms with van der Waals surface area (Å²) in [5.41, 5.74) is 2.29. The SMILES string of the molecule is Cc1ccc(OCc2ccc(C(=O)NCC3CNC3)o2)c(C)c1.Cl. The third-order valence-electron chi connectivity index (χ3n) is 4.00. The third kappa shape index (κ3) is 4.52. The molecule has 1 aromatic carbocycles. The van der Waals surface area contributed by atoms with E-state index >= 15 is 0 Å². The minimum Gasteiger partial charge on any atom is -0.485 e. The number of nitrogens with one attached hydrogen (secondary N) is 2. The molecule has 2 heterocycles. The molecule has 0 spiro atoms. The molecular formula is C18H23ClN2O3. The number of halogens is 1. The number of benzene rings is 1. The molecule has 0 saturated carbocycles. The quantitative estimate of drug-likeness (QED) is 0.841. The van der Waals surface area contributed by atoms with Gasteiger partial charge >= 0.3 is 0 Å². The van der Waals surface area contributed by atoms with Crippen molar-refractivity contribution >= 4 is 18.3 Å². The molecule has 24 heavy (non-hydrogen) atoms. The lowest BCUT2D eigenvalue weighted by Crippen LogP contribution is -2.48. The fraction of sp³-hybridized carbons (Fsp3) is 0.389. The van der Waals surface area contributed by atoms with Crippen molar-refractivity contribution in [3.63, 3.8) is 0 Å². The predicted molar refractivity (Wildman–Crippen MR) is 94.9 cm³/mol. The highest BCUT2D eigenvalue weighted by molar-refractivity contribution is 5.91. The van der Waals surface area contributed by atoms with Gasteiger partial charge in [-0.1, -0.05) is 17.7 Å². The molecule has 1 aliphatic heterocycles. The first-order valence-electron chi connectivity index (χ1n) is 7.89. The summed E-state index contributed by atoms with van der Waals surface area (Å²) in [5, 5.41) is 6.07. The molecule has 2 N–H and O–H groups in total. The van der Waals surface area contributed by atoms with Crippen molar-refractivity contribution in [3.8, 4) is 5.75 Å². The number of hydrogen-bond acceptors (Lipinski definition) is 4. The van der Waals surface area contributed by atoms with Crippen LogP contribution < -0.4 is 15.4 Å². The Balaban J connectivity index is 0.00000208. The Bertz CT molecular complexity index is 695. The maximum Gasteiger partial charge on any atom is 0.287 e. The van der Waals surface area contributed by atoms with Gasteiger partial charge in [0.15, 0.2) is 5.76 Å². The third-order valence-corrected chi connectivity index (χ3v) is 4.00. The van der Waals surface area contributed by atoms with Gasteiger partial charge in [-0.2, -0.15) is 0 Å². The van der Waals surface area contributed by atoms with E-state index in [1.54, 1.807) is 12.1 Å². The van der Waals surface area contributed by atoms with Crippen molar-refractivity contribution in [2.45, 2.75) is 20.5 Å². The number of furan rings is 1. The molecule has 0 atom stereocenters. The smallest absolute Gasteiger partial charge is 0.287 e. The number of amides is 1. The molecule has 0 aliphatic carbocycles. The number of ether oxygens (including phenoxy) is 1. The number of carbonyl (C=O) groups excluding carboxylic acids is 1. The van der Waals surface area contributed by atoms with Crippen LogP contribution >= 0.6 is 12.4 Å². The van der Waals surface area contributed by atoms with Crippen molar-refractivity contribution in [2.75, 3.05) is 19.6 Å². The molecular weight excluding hydrogens is 328 g/mol. The highest BCUT2D eigenvalue weighted by Gasteiger charge is 2.19. The van der Waals surface area contributed by atoms with Crippen molar-refractivity contribution in [2.24, 2.45) is 5.92 Å². The Morgan fingerprint density at radius 2 is 2.08 bits per heavy atom. The molecule has 5 nitrogen and oxygen atoms in total. The van der Waals surface area contributed by atoms with Gasteiger partial charge < -0.3 is 19.8 Å². The van der Waals surface area contributed by atoms with Crippen LogP contribution in [0.3, 0.4) is 0 Å². The van der Waals surface area contributed by atoms with E-state index in [0.717, 1.165) is 24.4 Å². The lowest BCUT2D eigenvalue weighted by molar-refractivity contribution is 0.0910. The summed E-state index contributed by atoms with van der Waals surface area (Å²) in [6, 6.07) is 9.51. The van der Waals surface area contributed by atoms with Crippen LogP contribution in [0.5, 0.6) is 5.75 Å². The summed E-state index contributed by atoms with van der Waals surface area (Å²) in [6.45, 7) is 6.98. The molecule has 1 aliphatic rings. The standard InChI is InChI=1S/C18H22N2O3.ClH/c1-12-3-5-16(13(2)7-12)22-11-15-4-6-17(23-15)18(21)20-10-14-8-19-9-14;/h3-7,14,19H,8-11H2,1-2H3,(H,20,21);1H. The summed E-state index contributed by atoms with van der Waals surface area (Å²) in [5.74, 6) is 2.16. The molecule has 0 bridgehead atoms. The Kier molecular flexibility index (Phi) is 6.29. The molecule has 0 unspecified atom stereocenters. The Labute approximate surface area is 148 Å². The van der Waals surface area contributed by atoms with Crippen LogP contribution in [-0.4, -0.2) is 25.5 Å². The van der Waals surface area contributed by atoms with E-state index in [1.807, 2.05) is 26.0 Å². The van der Waals surface area contributed by atoms with Crippen molar-refractivity contribution in [1.82, 2.24) is 10.6 Å². The van der Waals surface area contributed by atoms with Gasteiger partial charge in [-0.15, -0.1) is 12.4 Å². The summed E-state index contributed by atoms with van der Waals surface area (Å²) >= 11 is 0. The lowest BCUT2D eigenvalue weighted by Gasteiger charge is -2.26. The van der Waals surface area contributed by atoms with E-state index < -0.39 is 0 Å². The summed E-state index contributed by atoms with van der Waals surface area (Å²) < 4.78 is 11.3. The highest BCUT2D eigenvalue weighted by atomic mass is 35.5. The van der Waals surface area contributed by atoms with Crippen molar-refractivity contribution < 1.29 is 13.9 Å². The summed E-state index contributed by atoms with van der Waals surface area (Å²) in [6.07, 6.45) is 0. The Morgan fingerprint density at radius 3 is 2.75 bits per heavy atom. The largest absolute Gasteiger partial charge is 0.485 e. The van der Waals surface area contributed by atoms with Crippen LogP contribution in [0.25, 0.3) is 0 Å². The van der Waals surface area contributed by atoms with Crippen LogP contribution in [0.1, 0.15) is 27.4 Å². The minimum atomic E-state index is -0.172. The molecule has 6 heteroatoms. The second kappa shape index (κ2) is 8.22. The van der Waals surface area contributed by atoms with E-state index in [1.165, 1.54) is 5.56 Å². The van der Waals surface area contributed by atoms with E-state index in [4.69, 9.17) is 9.15 Å². The predicted octanol–water partition coefficient (Wildman–Crippen LogP) is 2.85. The average molecular weight is 351 g/mol. The van der Waals surface area contributed by atoms with Crippen molar-refractivity contribution in [1.29, 1.82) is 0 Å². The molecule has 1 saturated heterocycles. The first-order chi connectivity index (χ1) is 11.1. The fourth-order valence-corrected chi connectivity index (χ4v) is 2.50. The van der Waals surface area contributed by atoms with Gasteiger partial charge in [0, 0.05) is 25.6 Å². The zero-order chi connectivity index (χ0) is 16.2. The van der Waals surface area contributed by atoms with Gasteiger partial charge in [0.25, 0.3) is 5.91 Å². The first-order valence-corrected chi connectivity index (χ1v) is 7.89. The zero-order valence-electron chi connectivity index (χ0n) is 13.9. The van der Waals surface area contributed by atoms with Gasteiger partial charge in [-0.05, 0) is 37.6 Å². The second-order valence-corrected chi connectivity index (χ2v) is 6.06. The minimum absolute atomic E-state index is 0.